The maximum Gasteiger partial charge on any atom is 0.276 e. The summed E-state index contributed by atoms with van der Waals surface area (Å²) in [5.74, 6) is -0.339. The molecule has 0 aliphatic carbocycles. The first kappa shape index (κ1) is 21.6. The van der Waals surface area contributed by atoms with Crippen LogP contribution in [-0.4, -0.2) is 36.7 Å². The van der Waals surface area contributed by atoms with Crippen LogP contribution in [0.4, 0.5) is 11.9 Å². The summed E-state index contributed by atoms with van der Waals surface area (Å²) in [5, 5.41) is 5.38. The summed E-state index contributed by atoms with van der Waals surface area (Å²) < 4.78 is 0. The van der Waals surface area contributed by atoms with Crippen molar-refractivity contribution < 1.29 is 9.59 Å². The second-order valence-electron chi connectivity index (χ2n) is 7.61. The van der Waals surface area contributed by atoms with E-state index in [4.69, 9.17) is 5.73 Å². The summed E-state index contributed by atoms with van der Waals surface area (Å²) in [5.41, 5.74) is 9.93. The number of pyridine rings is 1. The second kappa shape index (κ2) is 8.94. The average molecular weight is 464 g/mol. The summed E-state index contributed by atoms with van der Waals surface area (Å²) in [6.45, 7) is 3.81. The normalized spacial score (nSPS) is 10.7. The Hall–Kier alpha value is -5.25. The van der Waals surface area contributed by atoms with Gasteiger partial charge in [-0.15, -0.1) is 0 Å². The first-order valence-electron chi connectivity index (χ1n) is 10.6. The molecule has 0 saturated heterocycles. The molecule has 172 valence electrons. The van der Waals surface area contributed by atoms with Gasteiger partial charge >= 0.3 is 0 Å². The fraction of sp³-hybridized carbons (Fsp3) is 0. The molecule has 3 heterocycles. The summed E-state index contributed by atoms with van der Waals surface area (Å²) >= 11 is 0. The van der Waals surface area contributed by atoms with Gasteiger partial charge in [-0.2, -0.15) is 0 Å². The van der Waals surface area contributed by atoms with Crippen molar-refractivity contribution in [1.82, 2.24) is 24.9 Å². The largest absolute Gasteiger partial charge is 0.399 e. The molecule has 5 rings (SSSR count). The summed E-state index contributed by atoms with van der Waals surface area (Å²) in [7, 11) is 0. The monoisotopic (exact) mass is 464 g/mol. The van der Waals surface area contributed by atoms with Crippen LogP contribution in [0.2, 0.25) is 0 Å². The number of fused-ring (bicyclic) bond motifs is 1. The number of nitrogens with zero attached hydrogens (tertiary/aromatic N) is 3. The third kappa shape index (κ3) is 4.35. The molecule has 10 nitrogen and oxygen atoms in total. The zero-order valence-electron chi connectivity index (χ0n) is 18.4. The molecule has 2 aromatic carbocycles. The number of aromatic amines is 2. The van der Waals surface area contributed by atoms with Crippen molar-refractivity contribution in [1.29, 1.82) is 0 Å². The van der Waals surface area contributed by atoms with Gasteiger partial charge in [0.15, 0.2) is 0 Å². The Balaban J connectivity index is 1.40. The number of nitrogens with two attached hydrogens (primary N) is 1. The maximum atomic E-state index is 13.0. The minimum atomic E-state index is -0.462. The molecule has 0 bridgehead atoms. The van der Waals surface area contributed by atoms with Gasteiger partial charge in [0, 0.05) is 29.2 Å². The lowest BCUT2D eigenvalue weighted by atomic mass is 10.0. The molecule has 2 amide bonds. The number of hydrogen-bond acceptors (Lipinski definition) is 6. The summed E-state index contributed by atoms with van der Waals surface area (Å²) in [6.07, 6.45) is 3.14. The van der Waals surface area contributed by atoms with E-state index in [9.17, 15) is 9.59 Å². The van der Waals surface area contributed by atoms with Crippen molar-refractivity contribution in [2.24, 2.45) is 5.73 Å². The minimum Gasteiger partial charge on any atom is -0.399 e. The van der Waals surface area contributed by atoms with Crippen LogP contribution in [0.3, 0.4) is 0 Å². The van der Waals surface area contributed by atoms with Crippen molar-refractivity contribution in [3.05, 3.63) is 96.5 Å². The molecule has 0 aliphatic heterocycles. The van der Waals surface area contributed by atoms with Gasteiger partial charge in [0.25, 0.3) is 11.8 Å². The van der Waals surface area contributed by atoms with Crippen molar-refractivity contribution in [3.8, 4) is 11.3 Å². The number of carbonyl (C=O) groups is 2. The molecule has 0 unspecified atom stereocenters. The minimum absolute atomic E-state index is 0.186. The lowest BCUT2D eigenvalue weighted by molar-refractivity contribution is 0.101. The molecular weight excluding hydrogens is 444 g/mol. The van der Waals surface area contributed by atoms with Gasteiger partial charge in [-0.25, -0.2) is 15.0 Å². The fourth-order valence-electron chi connectivity index (χ4n) is 3.65. The number of hydrogen-bond donors (Lipinski definition) is 5. The lowest BCUT2D eigenvalue weighted by Crippen LogP contribution is -2.15. The highest BCUT2D eigenvalue weighted by atomic mass is 16.2. The molecule has 3 aromatic heterocycles. The van der Waals surface area contributed by atoms with E-state index in [1.54, 1.807) is 42.6 Å². The Bertz CT molecular complexity index is 1570. The molecule has 0 spiro atoms. The van der Waals surface area contributed by atoms with Crippen LogP contribution in [0, 0.1) is 0 Å². The first-order valence-corrected chi connectivity index (χ1v) is 10.6. The SMILES string of the molecule is C=C(N)c1ccccc1-c1cccc(C(=O)Nc2nc3c(C(=O)Nc4ncc[nH]4)cccc3[nH]2)n1. The number of benzene rings is 2. The summed E-state index contributed by atoms with van der Waals surface area (Å²) in [6, 6.07) is 17.7. The van der Waals surface area contributed by atoms with Crippen LogP contribution < -0.4 is 16.4 Å². The topological polar surface area (TPSA) is 154 Å². The van der Waals surface area contributed by atoms with Gasteiger partial charge in [0.05, 0.1) is 16.8 Å². The van der Waals surface area contributed by atoms with Crippen LogP contribution in [0.25, 0.3) is 28.0 Å². The van der Waals surface area contributed by atoms with E-state index < -0.39 is 5.91 Å². The Labute approximate surface area is 199 Å². The molecule has 0 saturated carbocycles. The number of carbonyl (C=O) groups excluding carboxylic acids is 2. The Kier molecular flexibility index (Phi) is 5.52. The van der Waals surface area contributed by atoms with Crippen molar-refractivity contribution in [3.63, 3.8) is 0 Å². The van der Waals surface area contributed by atoms with Gasteiger partial charge in [-0.1, -0.05) is 43.0 Å². The molecule has 0 aliphatic rings. The number of para-hydroxylation sites is 1. The van der Waals surface area contributed by atoms with E-state index in [-0.39, 0.29) is 17.5 Å². The summed E-state index contributed by atoms with van der Waals surface area (Å²) in [4.78, 5) is 44.4. The highest BCUT2D eigenvalue weighted by Gasteiger charge is 2.17. The van der Waals surface area contributed by atoms with Crippen LogP contribution >= 0.6 is 0 Å². The van der Waals surface area contributed by atoms with Crippen LogP contribution in [0.5, 0.6) is 0 Å². The van der Waals surface area contributed by atoms with Crippen LogP contribution in [-0.2, 0) is 0 Å². The molecule has 0 radical (unpaired) electrons. The van der Waals surface area contributed by atoms with E-state index in [0.717, 1.165) is 11.1 Å². The van der Waals surface area contributed by atoms with E-state index in [2.05, 4.69) is 42.1 Å². The zero-order chi connectivity index (χ0) is 24.4. The van der Waals surface area contributed by atoms with E-state index >= 15 is 0 Å². The average Bonchev–Trinajstić information content (AvgIpc) is 3.53. The Morgan fingerprint density at radius 2 is 1.63 bits per heavy atom. The third-order valence-corrected chi connectivity index (χ3v) is 5.25. The standard InChI is InChI=1S/C25H20N8O2/c1-14(26)15-6-2-3-7-16(15)18-9-5-11-20(29-18)23(35)33-25-30-19-10-4-8-17(21(19)31-25)22(34)32-24-27-12-13-28-24/h2-13H,1,26H2,(H2,27,28,32,34)(H2,30,31,33,35). The van der Waals surface area contributed by atoms with Crippen LogP contribution in [0.1, 0.15) is 26.4 Å². The van der Waals surface area contributed by atoms with Crippen molar-refractivity contribution in [2.75, 3.05) is 10.6 Å². The third-order valence-electron chi connectivity index (χ3n) is 5.25. The molecule has 35 heavy (non-hydrogen) atoms. The number of amides is 2. The highest BCUT2D eigenvalue weighted by molar-refractivity contribution is 6.11. The van der Waals surface area contributed by atoms with Gasteiger partial charge in [-0.05, 0) is 24.3 Å². The number of H-pyrrole nitrogens is 2. The molecule has 5 aromatic rings. The fourth-order valence-corrected chi connectivity index (χ4v) is 3.65. The van der Waals surface area contributed by atoms with Gasteiger partial charge < -0.3 is 15.7 Å². The smallest absolute Gasteiger partial charge is 0.276 e. The lowest BCUT2D eigenvalue weighted by Gasteiger charge is -2.09. The van der Waals surface area contributed by atoms with E-state index in [1.807, 2.05) is 24.3 Å². The first-order chi connectivity index (χ1) is 17.0. The van der Waals surface area contributed by atoms with Gasteiger partial charge in [0.1, 0.15) is 11.2 Å². The number of anilines is 2. The highest BCUT2D eigenvalue weighted by Crippen LogP contribution is 2.25. The Morgan fingerprint density at radius 3 is 2.43 bits per heavy atom. The molecule has 0 atom stereocenters. The van der Waals surface area contributed by atoms with Crippen LogP contribution in [0.15, 0.2) is 79.6 Å². The van der Waals surface area contributed by atoms with Crippen molar-refractivity contribution in [2.45, 2.75) is 0 Å². The number of nitrogens with one attached hydrogen (secondary N) is 4. The van der Waals surface area contributed by atoms with E-state index in [0.29, 0.717) is 33.9 Å². The predicted molar refractivity (Wildman–Crippen MR) is 133 cm³/mol. The molecule has 6 N–H and O–H groups in total. The maximum absolute atomic E-state index is 13.0. The Morgan fingerprint density at radius 1 is 0.857 bits per heavy atom. The zero-order valence-corrected chi connectivity index (χ0v) is 18.4. The molecule has 10 heteroatoms. The molecular formula is C25H20N8O2. The van der Waals surface area contributed by atoms with Crippen molar-refractivity contribution >= 4 is 40.4 Å². The number of rotatable bonds is 6. The van der Waals surface area contributed by atoms with E-state index in [1.165, 1.54) is 6.20 Å². The quantitative estimate of drug-likeness (QED) is 0.258. The van der Waals surface area contributed by atoms with Gasteiger partial charge in [0.2, 0.25) is 11.9 Å². The number of aromatic nitrogens is 5. The molecule has 0 fully saturated rings. The van der Waals surface area contributed by atoms with Gasteiger partial charge in [-0.3, -0.25) is 20.2 Å². The predicted octanol–water partition coefficient (Wildman–Crippen LogP) is 3.78. The second-order valence-corrected chi connectivity index (χ2v) is 7.61. The number of imidazole rings is 2.